The number of hydrogen-bond acceptors (Lipinski definition) is 4. The monoisotopic (exact) mass is 365 g/mol. The number of amides is 1. The number of imidazole rings is 1. The molecule has 0 saturated heterocycles. The van der Waals surface area contributed by atoms with Crippen molar-refractivity contribution in [1.29, 1.82) is 0 Å². The van der Waals surface area contributed by atoms with Gasteiger partial charge in [0.25, 0.3) is 5.91 Å². The van der Waals surface area contributed by atoms with Gasteiger partial charge in [0.1, 0.15) is 5.82 Å². The fourth-order valence-corrected chi connectivity index (χ4v) is 3.32. The first-order valence-corrected chi connectivity index (χ1v) is 8.83. The average Bonchev–Trinajstić information content (AvgIpc) is 3.15. The van der Waals surface area contributed by atoms with Crippen LogP contribution in [-0.2, 0) is 0 Å². The van der Waals surface area contributed by atoms with Crippen molar-refractivity contribution in [3.05, 3.63) is 91.3 Å². The molecule has 0 spiro atoms. The van der Waals surface area contributed by atoms with E-state index in [4.69, 9.17) is 0 Å². The maximum absolute atomic E-state index is 13.1. The first kappa shape index (κ1) is 16.1. The van der Waals surface area contributed by atoms with E-state index in [0.29, 0.717) is 11.5 Å². The van der Waals surface area contributed by atoms with Crippen LogP contribution in [0.4, 0.5) is 5.69 Å². The Kier molecular flexibility index (Phi) is 3.80. The molecule has 0 saturated carbocycles. The van der Waals surface area contributed by atoms with Crippen molar-refractivity contribution in [3.63, 3.8) is 0 Å². The van der Waals surface area contributed by atoms with E-state index >= 15 is 0 Å². The summed E-state index contributed by atoms with van der Waals surface area (Å²) in [6.07, 6.45) is 8.81. The molecule has 1 N–H and O–H groups in total. The summed E-state index contributed by atoms with van der Waals surface area (Å²) in [4.78, 5) is 25.9. The van der Waals surface area contributed by atoms with Crippen LogP contribution in [0.5, 0.6) is 0 Å². The summed E-state index contributed by atoms with van der Waals surface area (Å²) in [5.74, 6) is 0.443. The van der Waals surface area contributed by atoms with Gasteiger partial charge in [0.2, 0.25) is 0 Å². The van der Waals surface area contributed by atoms with Crippen molar-refractivity contribution in [2.24, 2.45) is 0 Å². The molecular weight excluding hydrogens is 350 g/mol. The molecule has 1 amide bonds. The zero-order valence-electron chi connectivity index (χ0n) is 14.8. The molecule has 28 heavy (non-hydrogen) atoms. The Morgan fingerprint density at radius 1 is 0.893 bits per heavy atom. The van der Waals surface area contributed by atoms with Gasteiger partial charge < -0.3 is 5.32 Å². The van der Waals surface area contributed by atoms with Gasteiger partial charge in [0.05, 0.1) is 5.52 Å². The lowest BCUT2D eigenvalue weighted by Crippen LogP contribution is -2.13. The minimum atomic E-state index is -0.256. The number of rotatable bonds is 3. The van der Waals surface area contributed by atoms with Crippen LogP contribution in [-0.4, -0.2) is 25.3 Å². The number of carbonyl (C=O) groups is 1. The predicted octanol–water partition coefficient (Wildman–Crippen LogP) is 4.20. The number of benzene rings is 1. The Morgan fingerprint density at radius 2 is 1.75 bits per heavy atom. The average molecular weight is 365 g/mol. The SMILES string of the molecule is O=C(Nc1cccc2cnccc12)c1nc(-c2ccncc2)n2ccccc12. The maximum Gasteiger partial charge on any atom is 0.276 e. The number of nitrogens with one attached hydrogen (secondary N) is 1. The van der Waals surface area contributed by atoms with E-state index < -0.39 is 0 Å². The molecule has 0 fully saturated rings. The van der Waals surface area contributed by atoms with E-state index in [1.165, 1.54) is 0 Å². The second kappa shape index (κ2) is 6.59. The Hall–Kier alpha value is -4.06. The van der Waals surface area contributed by atoms with Gasteiger partial charge >= 0.3 is 0 Å². The minimum absolute atomic E-state index is 0.256. The number of pyridine rings is 3. The molecule has 4 aromatic heterocycles. The summed E-state index contributed by atoms with van der Waals surface area (Å²) < 4.78 is 1.91. The van der Waals surface area contributed by atoms with Crippen molar-refractivity contribution in [3.8, 4) is 11.4 Å². The summed E-state index contributed by atoms with van der Waals surface area (Å²) in [6, 6.07) is 17.1. The van der Waals surface area contributed by atoms with Gasteiger partial charge in [-0.2, -0.15) is 0 Å². The highest BCUT2D eigenvalue weighted by Gasteiger charge is 2.19. The zero-order valence-corrected chi connectivity index (χ0v) is 14.8. The van der Waals surface area contributed by atoms with Gasteiger partial charge in [0, 0.05) is 53.0 Å². The van der Waals surface area contributed by atoms with Gasteiger partial charge in [-0.15, -0.1) is 0 Å². The van der Waals surface area contributed by atoms with E-state index in [-0.39, 0.29) is 5.91 Å². The Labute approximate surface area is 160 Å². The second-order valence-corrected chi connectivity index (χ2v) is 6.33. The molecule has 134 valence electrons. The van der Waals surface area contributed by atoms with E-state index in [1.54, 1.807) is 24.8 Å². The molecule has 6 nitrogen and oxygen atoms in total. The highest BCUT2D eigenvalue weighted by Crippen LogP contribution is 2.25. The molecule has 0 bridgehead atoms. The van der Waals surface area contributed by atoms with Crippen LogP contribution in [0.15, 0.2) is 85.6 Å². The molecule has 0 unspecified atom stereocenters. The number of aromatic nitrogens is 4. The number of fused-ring (bicyclic) bond motifs is 2. The number of anilines is 1. The molecule has 0 aliphatic rings. The fraction of sp³-hybridized carbons (Fsp3) is 0. The third kappa shape index (κ3) is 2.68. The number of hydrogen-bond donors (Lipinski definition) is 1. The lowest BCUT2D eigenvalue weighted by molar-refractivity contribution is 0.102. The van der Waals surface area contributed by atoms with Crippen LogP contribution in [0.2, 0.25) is 0 Å². The van der Waals surface area contributed by atoms with Crippen LogP contribution < -0.4 is 5.32 Å². The highest BCUT2D eigenvalue weighted by atomic mass is 16.1. The molecule has 0 radical (unpaired) electrons. The quantitative estimate of drug-likeness (QED) is 0.520. The fourth-order valence-electron chi connectivity index (χ4n) is 3.32. The largest absolute Gasteiger partial charge is 0.320 e. The van der Waals surface area contributed by atoms with Crippen LogP contribution in [0.1, 0.15) is 10.5 Å². The molecule has 0 atom stereocenters. The van der Waals surface area contributed by atoms with E-state index in [2.05, 4.69) is 20.3 Å². The third-order valence-corrected chi connectivity index (χ3v) is 4.63. The van der Waals surface area contributed by atoms with Crippen LogP contribution in [0.3, 0.4) is 0 Å². The second-order valence-electron chi connectivity index (χ2n) is 6.33. The summed E-state index contributed by atoms with van der Waals surface area (Å²) in [7, 11) is 0. The van der Waals surface area contributed by atoms with Crippen molar-refractivity contribution < 1.29 is 4.79 Å². The zero-order chi connectivity index (χ0) is 18.9. The van der Waals surface area contributed by atoms with Crippen LogP contribution >= 0.6 is 0 Å². The summed E-state index contributed by atoms with van der Waals surface area (Å²) in [6.45, 7) is 0. The maximum atomic E-state index is 13.1. The van der Waals surface area contributed by atoms with Crippen molar-refractivity contribution >= 4 is 27.9 Å². The summed E-state index contributed by atoms with van der Waals surface area (Å²) in [5.41, 5.74) is 2.74. The summed E-state index contributed by atoms with van der Waals surface area (Å²) in [5, 5.41) is 4.90. The van der Waals surface area contributed by atoms with Crippen LogP contribution in [0.25, 0.3) is 27.7 Å². The molecule has 6 heteroatoms. The van der Waals surface area contributed by atoms with Crippen LogP contribution in [0, 0.1) is 0 Å². The predicted molar refractivity (Wildman–Crippen MR) is 108 cm³/mol. The van der Waals surface area contributed by atoms with Gasteiger partial charge in [0.15, 0.2) is 5.69 Å². The van der Waals surface area contributed by atoms with Crippen molar-refractivity contribution in [2.75, 3.05) is 5.32 Å². The first-order chi connectivity index (χ1) is 13.8. The molecule has 0 aliphatic heterocycles. The topological polar surface area (TPSA) is 72.2 Å². The van der Waals surface area contributed by atoms with Crippen molar-refractivity contribution in [1.82, 2.24) is 19.4 Å². The van der Waals surface area contributed by atoms with Crippen molar-refractivity contribution in [2.45, 2.75) is 0 Å². The summed E-state index contributed by atoms with van der Waals surface area (Å²) >= 11 is 0. The lowest BCUT2D eigenvalue weighted by atomic mass is 10.1. The molecule has 0 aliphatic carbocycles. The Balaban J connectivity index is 1.60. The van der Waals surface area contributed by atoms with Gasteiger partial charge in [-0.1, -0.05) is 18.2 Å². The molecule has 1 aromatic carbocycles. The molecule has 4 heterocycles. The van der Waals surface area contributed by atoms with Gasteiger partial charge in [-0.3, -0.25) is 19.2 Å². The highest BCUT2D eigenvalue weighted by molar-refractivity contribution is 6.11. The third-order valence-electron chi connectivity index (χ3n) is 4.63. The smallest absolute Gasteiger partial charge is 0.276 e. The van der Waals surface area contributed by atoms with E-state index in [9.17, 15) is 4.79 Å². The van der Waals surface area contributed by atoms with E-state index in [0.717, 1.165) is 27.5 Å². The Morgan fingerprint density at radius 3 is 2.64 bits per heavy atom. The number of nitrogens with zero attached hydrogens (tertiary/aromatic N) is 4. The molecule has 5 aromatic rings. The normalized spacial score (nSPS) is 11.0. The van der Waals surface area contributed by atoms with Gasteiger partial charge in [-0.05, 0) is 36.4 Å². The standard InChI is InChI=1S/C22H15N5O/c28-22(25-18-5-3-4-16-14-24-12-9-17(16)18)20-19-6-1-2-13-27(19)21(26-20)15-7-10-23-11-8-15/h1-14H,(H,25,28). The van der Waals surface area contributed by atoms with Gasteiger partial charge in [-0.25, -0.2) is 4.98 Å². The Bertz CT molecular complexity index is 1310. The van der Waals surface area contributed by atoms with E-state index in [1.807, 2.05) is 65.2 Å². The lowest BCUT2D eigenvalue weighted by Gasteiger charge is -2.07. The minimum Gasteiger partial charge on any atom is -0.320 e. The number of carbonyl (C=O) groups excluding carboxylic acids is 1. The molecule has 5 rings (SSSR count). The first-order valence-electron chi connectivity index (χ1n) is 8.83. The molecular formula is C22H15N5O.